The van der Waals surface area contributed by atoms with E-state index in [4.69, 9.17) is 11.6 Å². The second-order valence-electron chi connectivity index (χ2n) is 6.03. The van der Waals surface area contributed by atoms with Crippen molar-refractivity contribution in [3.63, 3.8) is 0 Å². The average molecular weight is 329 g/mol. The maximum absolute atomic E-state index is 12.7. The van der Waals surface area contributed by atoms with Gasteiger partial charge in [0.1, 0.15) is 4.90 Å². The van der Waals surface area contributed by atoms with Crippen molar-refractivity contribution in [2.75, 3.05) is 7.05 Å². The largest absolute Gasteiger partial charge is 0.310 e. The summed E-state index contributed by atoms with van der Waals surface area (Å²) in [6, 6.07) is 6.01. The molecule has 116 valence electrons. The summed E-state index contributed by atoms with van der Waals surface area (Å²) in [5.74, 6) is 0. The zero-order valence-electron chi connectivity index (χ0n) is 12.2. The van der Waals surface area contributed by atoms with E-state index < -0.39 is 10.0 Å². The highest BCUT2D eigenvalue weighted by molar-refractivity contribution is 7.89. The maximum Gasteiger partial charge on any atom is 0.244 e. The van der Waals surface area contributed by atoms with Gasteiger partial charge < -0.3 is 5.32 Å². The van der Waals surface area contributed by atoms with Crippen LogP contribution in [0.4, 0.5) is 0 Å². The summed E-state index contributed by atoms with van der Waals surface area (Å²) in [5, 5.41) is 3.70. The number of nitrogens with one attached hydrogen (secondary N) is 1. The minimum Gasteiger partial charge on any atom is -0.310 e. The van der Waals surface area contributed by atoms with Crippen LogP contribution in [0.2, 0.25) is 5.02 Å². The summed E-state index contributed by atoms with van der Waals surface area (Å²) in [6.07, 6.45) is 5.41. The number of benzene rings is 1. The molecule has 0 amide bonds. The first-order valence-corrected chi connectivity index (χ1v) is 9.30. The third-order valence-corrected chi connectivity index (χ3v) is 6.81. The van der Waals surface area contributed by atoms with Gasteiger partial charge in [0.2, 0.25) is 10.0 Å². The summed E-state index contributed by atoms with van der Waals surface area (Å²) >= 11 is 6.14. The number of nitrogens with zero attached hydrogens (tertiary/aromatic N) is 1. The Morgan fingerprint density at radius 1 is 1.29 bits per heavy atom. The smallest absolute Gasteiger partial charge is 0.244 e. The fourth-order valence-corrected chi connectivity index (χ4v) is 4.45. The molecule has 0 spiro atoms. The van der Waals surface area contributed by atoms with E-state index in [9.17, 15) is 8.42 Å². The molecule has 0 bridgehead atoms. The first kappa shape index (κ1) is 15.3. The summed E-state index contributed by atoms with van der Waals surface area (Å²) in [5.41, 5.74) is 0.965. The Morgan fingerprint density at radius 3 is 2.57 bits per heavy atom. The molecule has 2 aliphatic rings. The fraction of sp³-hybridized carbons (Fsp3) is 0.600. The van der Waals surface area contributed by atoms with Crippen LogP contribution < -0.4 is 5.32 Å². The van der Waals surface area contributed by atoms with Crippen LogP contribution in [0.15, 0.2) is 23.1 Å². The van der Waals surface area contributed by atoms with Crippen LogP contribution >= 0.6 is 11.6 Å². The molecule has 2 saturated carbocycles. The van der Waals surface area contributed by atoms with E-state index in [0.717, 1.165) is 24.8 Å². The molecule has 1 N–H and O–H groups in total. The monoisotopic (exact) mass is 328 g/mol. The Labute approximate surface area is 131 Å². The molecule has 4 nitrogen and oxygen atoms in total. The van der Waals surface area contributed by atoms with E-state index in [-0.39, 0.29) is 10.9 Å². The molecule has 0 heterocycles. The zero-order chi connectivity index (χ0) is 15.0. The van der Waals surface area contributed by atoms with Gasteiger partial charge in [-0.2, -0.15) is 4.31 Å². The van der Waals surface area contributed by atoms with Gasteiger partial charge in [-0.1, -0.05) is 24.1 Å². The van der Waals surface area contributed by atoms with Crippen LogP contribution in [0, 0.1) is 0 Å². The minimum absolute atomic E-state index is 0.124. The highest BCUT2D eigenvalue weighted by atomic mass is 35.5. The molecule has 0 aromatic heterocycles. The van der Waals surface area contributed by atoms with Crippen molar-refractivity contribution >= 4 is 21.6 Å². The second kappa shape index (κ2) is 5.88. The van der Waals surface area contributed by atoms with E-state index in [0.29, 0.717) is 17.6 Å². The average Bonchev–Trinajstić information content (AvgIpc) is 3.19. The van der Waals surface area contributed by atoms with Gasteiger partial charge in [-0.05, 0) is 43.4 Å². The first-order valence-electron chi connectivity index (χ1n) is 7.48. The Kier molecular flexibility index (Phi) is 4.28. The molecular formula is C15H21ClN2O2S. The molecule has 3 rings (SSSR count). The molecule has 0 aliphatic heterocycles. The Bertz CT molecular complexity index is 625. The normalized spacial score (nSPS) is 19.8. The molecule has 0 atom stereocenters. The van der Waals surface area contributed by atoms with Gasteiger partial charge in [0, 0.05) is 25.7 Å². The van der Waals surface area contributed by atoms with Crippen LogP contribution in [0.5, 0.6) is 0 Å². The lowest BCUT2D eigenvalue weighted by atomic mass is 9.94. The highest BCUT2D eigenvalue weighted by Gasteiger charge is 2.33. The third kappa shape index (κ3) is 3.26. The summed E-state index contributed by atoms with van der Waals surface area (Å²) in [4.78, 5) is 0.230. The topological polar surface area (TPSA) is 49.4 Å². The number of hydrogen-bond acceptors (Lipinski definition) is 3. The van der Waals surface area contributed by atoms with E-state index in [1.54, 1.807) is 19.2 Å². The molecular weight excluding hydrogens is 308 g/mol. The van der Waals surface area contributed by atoms with Crippen molar-refractivity contribution in [2.24, 2.45) is 0 Å². The predicted octanol–water partition coefficient (Wildman–Crippen LogP) is 2.77. The number of rotatable bonds is 6. The van der Waals surface area contributed by atoms with E-state index in [1.807, 2.05) is 6.07 Å². The lowest BCUT2D eigenvalue weighted by molar-refractivity contribution is 0.249. The third-order valence-electron chi connectivity index (χ3n) is 4.41. The minimum atomic E-state index is -3.50. The molecule has 2 fully saturated rings. The standard InChI is InChI=1S/C15H21ClN2O2S/c1-18(13-3-2-4-13)21(19,20)15-9-11(5-8-14(15)16)10-17-12-6-7-12/h5,8-9,12-13,17H,2-4,6-7,10H2,1H3. The van der Waals surface area contributed by atoms with Gasteiger partial charge in [-0.25, -0.2) is 8.42 Å². The fourth-order valence-electron chi connectivity index (χ4n) is 2.51. The SMILES string of the molecule is CN(C1CCC1)S(=O)(=O)c1cc(CNC2CC2)ccc1Cl. The van der Waals surface area contributed by atoms with E-state index in [2.05, 4.69) is 5.32 Å². The zero-order valence-corrected chi connectivity index (χ0v) is 13.8. The van der Waals surface area contributed by atoms with Gasteiger partial charge in [0.05, 0.1) is 5.02 Å². The highest BCUT2D eigenvalue weighted by Crippen LogP contribution is 2.32. The number of sulfonamides is 1. The van der Waals surface area contributed by atoms with Gasteiger partial charge in [0.25, 0.3) is 0 Å². The van der Waals surface area contributed by atoms with Gasteiger partial charge in [0.15, 0.2) is 0 Å². The summed E-state index contributed by atoms with van der Waals surface area (Å²) in [7, 11) is -1.84. The van der Waals surface area contributed by atoms with Crippen molar-refractivity contribution in [1.82, 2.24) is 9.62 Å². The van der Waals surface area contributed by atoms with Crippen molar-refractivity contribution in [1.29, 1.82) is 0 Å². The van der Waals surface area contributed by atoms with E-state index >= 15 is 0 Å². The number of hydrogen-bond donors (Lipinski definition) is 1. The molecule has 1 aromatic rings. The lowest BCUT2D eigenvalue weighted by Gasteiger charge is -2.34. The summed E-state index contributed by atoms with van der Waals surface area (Å²) in [6.45, 7) is 0.692. The molecule has 6 heteroatoms. The van der Waals surface area contributed by atoms with Crippen molar-refractivity contribution < 1.29 is 8.42 Å². The van der Waals surface area contributed by atoms with Crippen LogP contribution in [-0.4, -0.2) is 31.9 Å². The molecule has 21 heavy (non-hydrogen) atoms. The summed E-state index contributed by atoms with van der Waals surface area (Å²) < 4.78 is 26.9. The second-order valence-corrected chi connectivity index (χ2v) is 8.40. The number of halogens is 1. The first-order chi connectivity index (χ1) is 9.98. The predicted molar refractivity (Wildman–Crippen MR) is 83.9 cm³/mol. The Morgan fingerprint density at radius 2 is 2.00 bits per heavy atom. The Balaban J connectivity index is 1.82. The van der Waals surface area contributed by atoms with Crippen LogP contribution in [0.1, 0.15) is 37.7 Å². The molecule has 0 unspecified atom stereocenters. The Hall–Kier alpha value is -0.620. The van der Waals surface area contributed by atoms with Crippen molar-refractivity contribution in [3.05, 3.63) is 28.8 Å². The van der Waals surface area contributed by atoms with Crippen LogP contribution in [-0.2, 0) is 16.6 Å². The molecule has 1 aromatic carbocycles. The maximum atomic E-state index is 12.7. The van der Waals surface area contributed by atoms with Crippen LogP contribution in [0.25, 0.3) is 0 Å². The van der Waals surface area contributed by atoms with E-state index in [1.165, 1.54) is 17.1 Å². The lowest BCUT2D eigenvalue weighted by Crippen LogP contribution is -2.41. The van der Waals surface area contributed by atoms with Crippen molar-refractivity contribution in [3.8, 4) is 0 Å². The van der Waals surface area contributed by atoms with Crippen LogP contribution in [0.3, 0.4) is 0 Å². The van der Waals surface area contributed by atoms with Gasteiger partial charge >= 0.3 is 0 Å². The van der Waals surface area contributed by atoms with Gasteiger partial charge in [-0.15, -0.1) is 0 Å². The van der Waals surface area contributed by atoms with Crippen molar-refractivity contribution in [2.45, 2.75) is 55.6 Å². The molecule has 0 radical (unpaired) electrons. The molecule has 2 aliphatic carbocycles. The molecule has 0 saturated heterocycles. The quantitative estimate of drug-likeness (QED) is 0.873. The van der Waals surface area contributed by atoms with Gasteiger partial charge in [-0.3, -0.25) is 0 Å².